The molecule has 1 heterocycles. The van der Waals surface area contributed by atoms with E-state index in [9.17, 15) is 4.79 Å². The maximum Gasteiger partial charge on any atom is 0.335 e. The number of aromatic carboxylic acids is 1. The molecule has 3 nitrogen and oxygen atoms in total. The molecule has 1 aromatic carbocycles. The Balaban J connectivity index is 1.71. The molecule has 1 aliphatic carbocycles. The van der Waals surface area contributed by atoms with Crippen LogP contribution in [0.15, 0.2) is 18.2 Å². The summed E-state index contributed by atoms with van der Waals surface area (Å²) in [5.41, 5.74) is 3.02. The molecule has 1 aromatic rings. The van der Waals surface area contributed by atoms with Crippen LogP contribution in [0.5, 0.6) is 0 Å². The Morgan fingerprint density at radius 1 is 1.21 bits per heavy atom. The standard InChI is InChI=1S/C16H21NO2/c1-12-9-13(5-6-14(12)15(18)19)17-10-16(11-17)7-3-2-4-8-16/h5-6,9H,2-4,7-8,10-11H2,1H3,(H,18,19). The first kappa shape index (κ1) is 12.5. The molecule has 1 N–H and O–H groups in total. The first-order valence-corrected chi connectivity index (χ1v) is 7.19. The lowest BCUT2D eigenvalue weighted by Gasteiger charge is -2.53. The molecule has 0 bridgehead atoms. The minimum Gasteiger partial charge on any atom is -0.478 e. The molecule has 1 saturated heterocycles. The second-order valence-corrected chi connectivity index (χ2v) is 6.22. The average Bonchev–Trinajstić information content (AvgIpc) is 2.36. The number of rotatable bonds is 2. The number of carboxylic acids is 1. The zero-order valence-electron chi connectivity index (χ0n) is 11.5. The van der Waals surface area contributed by atoms with Gasteiger partial charge in [0.15, 0.2) is 0 Å². The van der Waals surface area contributed by atoms with Crippen LogP contribution in [0.4, 0.5) is 5.69 Å². The number of hydrogen-bond acceptors (Lipinski definition) is 2. The summed E-state index contributed by atoms with van der Waals surface area (Å²) in [6.45, 7) is 4.18. The molecular weight excluding hydrogens is 238 g/mol. The molecule has 3 heteroatoms. The van der Waals surface area contributed by atoms with Crippen LogP contribution in [0.2, 0.25) is 0 Å². The predicted molar refractivity (Wildman–Crippen MR) is 75.9 cm³/mol. The summed E-state index contributed by atoms with van der Waals surface area (Å²) < 4.78 is 0. The first-order chi connectivity index (χ1) is 9.10. The Morgan fingerprint density at radius 3 is 2.47 bits per heavy atom. The number of carbonyl (C=O) groups is 1. The van der Waals surface area contributed by atoms with Gasteiger partial charge in [-0.15, -0.1) is 0 Å². The van der Waals surface area contributed by atoms with E-state index < -0.39 is 5.97 Å². The lowest BCUT2D eigenvalue weighted by atomic mass is 9.68. The van der Waals surface area contributed by atoms with E-state index in [1.165, 1.54) is 37.8 Å². The van der Waals surface area contributed by atoms with Crippen molar-refractivity contribution >= 4 is 11.7 Å². The molecule has 1 aliphatic heterocycles. The van der Waals surface area contributed by atoms with Crippen molar-refractivity contribution in [2.75, 3.05) is 18.0 Å². The van der Waals surface area contributed by atoms with Gasteiger partial charge < -0.3 is 10.0 Å². The minimum absolute atomic E-state index is 0.414. The fraction of sp³-hybridized carbons (Fsp3) is 0.562. The van der Waals surface area contributed by atoms with Crippen LogP contribution in [0.1, 0.15) is 48.0 Å². The molecule has 0 aromatic heterocycles. The van der Waals surface area contributed by atoms with Gasteiger partial charge in [0.05, 0.1) is 5.56 Å². The third kappa shape index (κ3) is 2.22. The summed E-state index contributed by atoms with van der Waals surface area (Å²) >= 11 is 0. The van der Waals surface area contributed by atoms with Crippen molar-refractivity contribution in [2.24, 2.45) is 5.41 Å². The predicted octanol–water partition coefficient (Wildman–Crippen LogP) is 3.46. The van der Waals surface area contributed by atoms with Crippen molar-refractivity contribution in [1.29, 1.82) is 0 Å². The van der Waals surface area contributed by atoms with Crippen LogP contribution >= 0.6 is 0 Å². The Morgan fingerprint density at radius 2 is 1.89 bits per heavy atom. The van der Waals surface area contributed by atoms with E-state index in [2.05, 4.69) is 4.90 Å². The third-order valence-corrected chi connectivity index (χ3v) is 4.77. The maximum atomic E-state index is 11.0. The van der Waals surface area contributed by atoms with Crippen molar-refractivity contribution < 1.29 is 9.90 Å². The van der Waals surface area contributed by atoms with Crippen LogP contribution < -0.4 is 4.90 Å². The fourth-order valence-electron chi connectivity index (χ4n) is 3.65. The highest BCUT2D eigenvalue weighted by molar-refractivity contribution is 5.90. The van der Waals surface area contributed by atoms with Gasteiger partial charge in [-0.1, -0.05) is 19.3 Å². The summed E-state index contributed by atoms with van der Waals surface area (Å²) in [7, 11) is 0. The van der Waals surface area contributed by atoms with Gasteiger partial charge in [-0.3, -0.25) is 0 Å². The Labute approximate surface area is 114 Å². The van der Waals surface area contributed by atoms with E-state index in [4.69, 9.17) is 5.11 Å². The van der Waals surface area contributed by atoms with Gasteiger partial charge in [0.2, 0.25) is 0 Å². The van der Waals surface area contributed by atoms with E-state index in [0.717, 1.165) is 18.7 Å². The lowest BCUT2D eigenvalue weighted by Crippen LogP contribution is -2.57. The highest BCUT2D eigenvalue weighted by Gasteiger charge is 2.43. The molecule has 0 unspecified atom stereocenters. The summed E-state index contributed by atoms with van der Waals surface area (Å²) in [5.74, 6) is -0.837. The number of aryl methyl sites for hydroxylation is 1. The quantitative estimate of drug-likeness (QED) is 0.884. The second-order valence-electron chi connectivity index (χ2n) is 6.22. The Kier molecular flexibility index (Phi) is 3.00. The van der Waals surface area contributed by atoms with Gasteiger partial charge in [0, 0.05) is 24.2 Å². The first-order valence-electron chi connectivity index (χ1n) is 7.19. The van der Waals surface area contributed by atoms with E-state index in [1.54, 1.807) is 6.07 Å². The Bertz CT molecular complexity index is 495. The van der Waals surface area contributed by atoms with Gasteiger partial charge in [-0.25, -0.2) is 4.79 Å². The van der Waals surface area contributed by atoms with Crippen molar-refractivity contribution in [3.8, 4) is 0 Å². The SMILES string of the molecule is Cc1cc(N2CC3(CCCCC3)C2)ccc1C(=O)O. The van der Waals surface area contributed by atoms with Gasteiger partial charge in [0.25, 0.3) is 0 Å². The normalized spacial score (nSPS) is 21.2. The van der Waals surface area contributed by atoms with Crippen molar-refractivity contribution in [3.05, 3.63) is 29.3 Å². The van der Waals surface area contributed by atoms with Crippen LogP contribution in [-0.4, -0.2) is 24.2 Å². The summed E-state index contributed by atoms with van der Waals surface area (Å²) in [6.07, 6.45) is 6.90. The van der Waals surface area contributed by atoms with Gasteiger partial charge in [-0.05, 0) is 43.5 Å². The number of anilines is 1. The topological polar surface area (TPSA) is 40.5 Å². The van der Waals surface area contributed by atoms with Crippen molar-refractivity contribution in [2.45, 2.75) is 39.0 Å². The number of nitrogens with zero attached hydrogens (tertiary/aromatic N) is 1. The van der Waals surface area contributed by atoms with E-state index in [-0.39, 0.29) is 0 Å². The molecule has 1 saturated carbocycles. The largest absolute Gasteiger partial charge is 0.478 e. The number of carboxylic acid groups (broad SMARTS) is 1. The monoisotopic (exact) mass is 259 g/mol. The number of hydrogen-bond donors (Lipinski definition) is 1. The zero-order chi connectivity index (χ0) is 13.5. The molecule has 102 valence electrons. The Hall–Kier alpha value is -1.51. The van der Waals surface area contributed by atoms with Gasteiger partial charge in [0.1, 0.15) is 0 Å². The maximum absolute atomic E-state index is 11.0. The molecule has 2 fully saturated rings. The molecule has 19 heavy (non-hydrogen) atoms. The van der Waals surface area contributed by atoms with E-state index >= 15 is 0 Å². The fourth-order valence-corrected chi connectivity index (χ4v) is 3.65. The van der Waals surface area contributed by atoms with Crippen molar-refractivity contribution in [3.63, 3.8) is 0 Å². The molecule has 0 amide bonds. The zero-order valence-corrected chi connectivity index (χ0v) is 11.5. The smallest absolute Gasteiger partial charge is 0.335 e. The molecule has 1 spiro atoms. The lowest BCUT2D eigenvalue weighted by molar-refractivity contribution is 0.0696. The molecule has 2 aliphatic rings. The summed E-state index contributed by atoms with van der Waals surface area (Å²) in [5, 5.41) is 9.05. The van der Waals surface area contributed by atoms with Crippen LogP contribution in [0.25, 0.3) is 0 Å². The molecule has 0 atom stereocenters. The summed E-state index contributed by atoms with van der Waals surface area (Å²) in [6, 6.07) is 5.70. The van der Waals surface area contributed by atoms with Gasteiger partial charge >= 0.3 is 5.97 Å². The molecule has 0 radical (unpaired) electrons. The highest BCUT2D eigenvalue weighted by atomic mass is 16.4. The minimum atomic E-state index is -0.837. The molecule has 3 rings (SSSR count). The summed E-state index contributed by atoms with van der Waals surface area (Å²) in [4.78, 5) is 13.4. The van der Waals surface area contributed by atoms with E-state index in [1.807, 2.05) is 19.1 Å². The van der Waals surface area contributed by atoms with Crippen LogP contribution in [0, 0.1) is 12.3 Å². The second kappa shape index (κ2) is 4.55. The van der Waals surface area contributed by atoms with Gasteiger partial charge in [-0.2, -0.15) is 0 Å². The van der Waals surface area contributed by atoms with E-state index in [0.29, 0.717) is 11.0 Å². The average molecular weight is 259 g/mol. The number of benzene rings is 1. The van der Waals surface area contributed by atoms with Crippen LogP contribution in [0.3, 0.4) is 0 Å². The van der Waals surface area contributed by atoms with Crippen LogP contribution in [-0.2, 0) is 0 Å². The van der Waals surface area contributed by atoms with Crippen molar-refractivity contribution in [1.82, 2.24) is 0 Å². The third-order valence-electron chi connectivity index (χ3n) is 4.77. The molecular formula is C16H21NO2. The highest BCUT2D eigenvalue weighted by Crippen LogP contribution is 2.45.